The smallest absolute Gasteiger partial charge is 0.437 e. The molecule has 0 aliphatic carbocycles. The van der Waals surface area contributed by atoms with Crippen molar-refractivity contribution in [3.8, 4) is 5.88 Å². The summed E-state index contributed by atoms with van der Waals surface area (Å²) in [6.45, 7) is 11.5. The molecule has 248 valence electrons. The molecule has 14 nitrogen and oxygen atoms in total. The topological polar surface area (TPSA) is 169 Å². The molecule has 0 radical (unpaired) electrons. The van der Waals surface area contributed by atoms with Crippen LogP contribution in [0, 0.1) is 10.8 Å². The molecule has 1 amide bonds. The van der Waals surface area contributed by atoms with Crippen molar-refractivity contribution in [2.24, 2.45) is 10.8 Å². The number of anilines is 1. The fraction of sp³-hybridized carbons (Fsp3) is 0.394. The normalized spacial score (nSPS) is 11.6. The lowest BCUT2D eigenvalue weighted by Crippen LogP contribution is -2.26. The SMILES string of the molecule is CC(C)(C)C(=O)c1cccc(CC(=O)Cn2cc(OCCOCc3cn(OC(=O)Nc4cccc(C(=O)C(C)(C)C)c4)nn3)nn2)c1. The summed E-state index contributed by atoms with van der Waals surface area (Å²) < 4.78 is 12.5. The predicted molar refractivity (Wildman–Crippen MR) is 170 cm³/mol. The fourth-order valence-corrected chi connectivity index (χ4v) is 4.31. The van der Waals surface area contributed by atoms with E-state index in [1.54, 1.807) is 42.5 Å². The maximum Gasteiger partial charge on any atom is 0.437 e. The van der Waals surface area contributed by atoms with Gasteiger partial charge in [0.15, 0.2) is 17.3 Å². The van der Waals surface area contributed by atoms with Crippen LogP contribution in [0.15, 0.2) is 60.9 Å². The third kappa shape index (κ3) is 10.4. The molecule has 0 unspecified atom stereocenters. The second-order valence-corrected chi connectivity index (χ2v) is 12.9. The van der Waals surface area contributed by atoms with Gasteiger partial charge in [-0.3, -0.25) is 24.5 Å². The highest BCUT2D eigenvalue weighted by atomic mass is 16.7. The van der Waals surface area contributed by atoms with Crippen molar-refractivity contribution in [2.45, 2.75) is 61.1 Å². The molecule has 4 aromatic rings. The predicted octanol–water partition coefficient (Wildman–Crippen LogP) is 4.40. The number of nitrogens with one attached hydrogen (secondary N) is 1. The van der Waals surface area contributed by atoms with Crippen LogP contribution in [-0.2, 0) is 29.1 Å². The van der Waals surface area contributed by atoms with E-state index in [0.29, 0.717) is 22.5 Å². The molecule has 0 aliphatic rings. The van der Waals surface area contributed by atoms with Gasteiger partial charge < -0.3 is 9.47 Å². The van der Waals surface area contributed by atoms with E-state index in [2.05, 4.69) is 25.9 Å². The lowest BCUT2D eigenvalue weighted by Gasteiger charge is -2.17. The van der Waals surface area contributed by atoms with Crippen LogP contribution in [0.25, 0.3) is 0 Å². The summed E-state index contributed by atoms with van der Waals surface area (Å²) in [5.41, 5.74) is 1.55. The average Bonchev–Trinajstić information content (AvgIpc) is 3.64. The monoisotopic (exact) mass is 645 g/mol. The number of nitrogens with zero attached hydrogens (tertiary/aromatic N) is 6. The molecular weight excluding hydrogens is 606 g/mol. The van der Waals surface area contributed by atoms with Crippen molar-refractivity contribution < 1.29 is 33.5 Å². The number of Topliss-reactive ketones (excluding diaryl/α,β-unsaturated/α-hetero) is 3. The number of carbonyl (C=O) groups excluding carboxylic acids is 4. The van der Waals surface area contributed by atoms with E-state index in [0.717, 1.165) is 10.4 Å². The van der Waals surface area contributed by atoms with Gasteiger partial charge in [-0.2, -0.15) is 0 Å². The third-order valence-electron chi connectivity index (χ3n) is 6.60. The Kier molecular flexibility index (Phi) is 11.0. The van der Waals surface area contributed by atoms with Crippen LogP contribution in [0.1, 0.15) is 73.5 Å². The number of aromatic nitrogens is 6. The zero-order chi connectivity index (χ0) is 34.2. The quantitative estimate of drug-likeness (QED) is 0.117. The second kappa shape index (κ2) is 14.9. The van der Waals surface area contributed by atoms with Crippen molar-refractivity contribution in [1.82, 2.24) is 30.2 Å². The van der Waals surface area contributed by atoms with Gasteiger partial charge in [0.25, 0.3) is 5.88 Å². The summed E-state index contributed by atoms with van der Waals surface area (Å²) >= 11 is 0. The molecule has 0 aliphatic heterocycles. The molecule has 0 bridgehead atoms. The van der Waals surface area contributed by atoms with E-state index < -0.39 is 16.9 Å². The van der Waals surface area contributed by atoms with E-state index in [4.69, 9.17) is 14.3 Å². The minimum Gasteiger partial charge on any atom is -0.473 e. The van der Waals surface area contributed by atoms with Gasteiger partial charge in [-0.05, 0) is 29.0 Å². The Hall–Kier alpha value is -5.24. The van der Waals surface area contributed by atoms with Crippen molar-refractivity contribution >= 4 is 29.1 Å². The minimum atomic E-state index is -0.812. The largest absolute Gasteiger partial charge is 0.473 e. The van der Waals surface area contributed by atoms with Crippen LogP contribution in [0.4, 0.5) is 10.5 Å². The number of hydrogen-bond donors (Lipinski definition) is 1. The number of hydrogen-bond acceptors (Lipinski definition) is 11. The van der Waals surface area contributed by atoms with E-state index in [1.807, 2.05) is 47.6 Å². The highest BCUT2D eigenvalue weighted by Gasteiger charge is 2.24. The molecule has 2 aromatic heterocycles. The first-order chi connectivity index (χ1) is 22.2. The summed E-state index contributed by atoms with van der Waals surface area (Å²) in [6, 6.07) is 13.7. The van der Waals surface area contributed by atoms with Crippen molar-refractivity contribution in [3.63, 3.8) is 0 Å². The third-order valence-corrected chi connectivity index (χ3v) is 6.60. The van der Waals surface area contributed by atoms with Gasteiger partial charge in [-0.15, -0.1) is 5.10 Å². The Morgan fingerprint density at radius 1 is 0.809 bits per heavy atom. The van der Waals surface area contributed by atoms with Crippen LogP contribution < -0.4 is 14.9 Å². The van der Waals surface area contributed by atoms with E-state index in [1.165, 1.54) is 17.1 Å². The van der Waals surface area contributed by atoms with Crippen LogP contribution in [-0.4, -0.2) is 66.8 Å². The Labute approximate surface area is 272 Å². The molecule has 0 saturated carbocycles. The van der Waals surface area contributed by atoms with Gasteiger partial charge in [0, 0.05) is 34.1 Å². The van der Waals surface area contributed by atoms with E-state index >= 15 is 0 Å². The van der Waals surface area contributed by atoms with Crippen molar-refractivity contribution in [3.05, 3.63) is 83.3 Å². The molecule has 2 aromatic carbocycles. The van der Waals surface area contributed by atoms with Gasteiger partial charge in [0.05, 0.1) is 25.6 Å². The van der Waals surface area contributed by atoms with Crippen LogP contribution in [0.5, 0.6) is 5.88 Å². The molecule has 4 rings (SSSR count). The van der Waals surface area contributed by atoms with Crippen LogP contribution in [0.2, 0.25) is 0 Å². The zero-order valence-corrected chi connectivity index (χ0v) is 27.4. The zero-order valence-electron chi connectivity index (χ0n) is 27.4. The fourth-order valence-electron chi connectivity index (χ4n) is 4.31. The van der Waals surface area contributed by atoms with Gasteiger partial charge in [-0.1, -0.05) is 87.0 Å². The maximum absolute atomic E-state index is 12.6. The molecule has 47 heavy (non-hydrogen) atoms. The Morgan fingerprint density at radius 3 is 2.19 bits per heavy atom. The van der Waals surface area contributed by atoms with Gasteiger partial charge in [0.1, 0.15) is 18.8 Å². The van der Waals surface area contributed by atoms with Gasteiger partial charge in [-0.25, -0.2) is 9.48 Å². The van der Waals surface area contributed by atoms with Crippen molar-refractivity contribution in [2.75, 3.05) is 18.5 Å². The summed E-state index contributed by atoms with van der Waals surface area (Å²) in [4.78, 5) is 56.0. The molecule has 14 heteroatoms. The molecule has 0 atom stereocenters. The summed E-state index contributed by atoms with van der Waals surface area (Å²) in [5.74, 6) is 0.104. The number of amides is 1. The second-order valence-electron chi connectivity index (χ2n) is 12.9. The molecule has 0 spiro atoms. The van der Waals surface area contributed by atoms with Crippen molar-refractivity contribution in [1.29, 1.82) is 0 Å². The number of rotatable bonds is 14. The molecule has 2 heterocycles. The molecular formula is C33H39N7O7. The highest BCUT2D eigenvalue weighted by molar-refractivity contribution is 6.01. The first-order valence-electron chi connectivity index (χ1n) is 15.0. The van der Waals surface area contributed by atoms with E-state index in [9.17, 15) is 19.2 Å². The van der Waals surface area contributed by atoms with Gasteiger partial charge >= 0.3 is 6.09 Å². The molecule has 0 fully saturated rings. The Balaban J connectivity index is 1.15. The lowest BCUT2D eigenvalue weighted by molar-refractivity contribution is -0.119. The van der Waals surface area contributed by atoms with Crippen LogP contribution >= 0.6 is 0 Å². The number of carbonyl (C=O) groups is 4. The number of benzene rings is 2. The van der Waals surface area contributed by atoms with Gasteiger partial charge in [0.2, 0.25) is 0 Å². The first kappa shape index (κ1) is 34.6. The molecule has 0 saturated heterocycles. The summed E-state index contributed by atoms with van der Waals surface area (Å²) in [7, 11) is 0. The maximum atomic E-state index is 12.6. The highest BCUT2D eigenvalue weighted by Crippen LogP contribution is 2.23. The Morgan fingerprint density at radius 2 is 1.49 bits per heavy atom. The first-order valence-corrected chi connectivity index (χ1v) is 15.0. The lowest BCUT2D eigenvalue weighted by atomic mass is 9.86. The number of ketones is 3. The number of ether oxygens (including phenoxy) is 2. The molecule has 1 N–H and O–H groups in total. The average molecular weight is 646 g/mol. The summed E-state index contributed by atoms with van der Waals surface area (Å²) in [6.07, 6.45) is 2.25. The minimum absolute atomic E-state index is 0.00329. The summed E-state index contributed by atoms with van der Waals surface area (Å²) in [5, 5.41) is 18.1. The standard InChI is InChI=1S/C33H39N7O7/c1-32(2,3)29(42)23-10-7-9-22(15-23)16-27(41)19-39-20-28(36-37-39)46-14-13-45-21-26-18-40(38-35-26)47-31(44)34-25-12-8-11-24(17-25)30(43)33(4,5)6/h7-12,15,17-18,20H,13-14,16,19,21H2,1-6H3,(H,34,44). The Bertz CT molecular complexity index is 1610. The van der Waals surface area contributed by atoms with Crippen LogP contribution in [0.3, 0.4) is 0 Å². The van der Waals surface area contributed by atoms with E-state index in [-0.39, 0.29) is 56.0 Å².